The molecule has 114 valence electrons. The zero-order chi connectivity index (χ0) is 15.2. The van der Waals surface area contributed by atoms with Gasteiger partial charge in [-0.2, -0.15) is 0 Å². The molecule has 1 aromatic rings. The maximum atomic E-state index is 12.2. The summed E-state index contributed by atoms with van der Waals surface area (Å²) in [5.74, 6) is 0.0594. The fourth-order valence-corrected chi connectivity index (χ4v) is 2.34. The third-order valence-corrected chi connectivity index (χ3v) is 3.46. The molecule has 0 saturated carbocycles. The summed E-state index contributed by atoms with van der Waals surface area (Å²) in [6, 6.07) is 7.35. The Morgan fingerprint density at radius 2 is 1.86 bits per heavy atom. The molecule has 2 amide bonds. The van der Waals surface area contributed by atoms with Crippen molar-refractivity contribution >= 4 is 17.7 Å². The third-order valence-electron chi connectivity index (χ3n) is 3.46. The first-order valence-electron chi connectivity index (χ1n) is 7.14. The molecular formula is C15H21N3O3. The summed E-state index contributed by atoms with van der Waals surface area (Å²) < 4.78 is 4.96. The standard InChI is InChI=1S/C15H21N3O3/c1-2-21-15(20)18-8-6-17(7-9-18)14(19)11-12-4-3-5-13(16)10-12/h3-5,10H,2,6-9,11,16H2,1H3. The third kappa shape index (κ3) is 4.11. The zero-order valence-corrected chi connectivity index (χ0v) is 12.2. The second-order valence-electron chi connectivity index (χ2n) is 4.99. The number of amides is 2. The van der Waals surface area contributed by atoms with E-state index in [0.717, 1.165) is 5.56 Å². The van der Waals surface area contributed by atoms with E-state index in [1.54, 1.807) is 22.8 Å². The zero-order valence-electron chi connectivity index (χ0n) is 12.2. The van der Waals surface area contributed by atoms with Gasteiger partial charge < -0.3 is 20.3 Å². The fourth-order valence-electron chi connectivity index (χ4n) is 2.34. The summed E-state index contributed by atoms with van der Waals surface area (Å²) in [5, 5.41) is 0. The normalized spacial score (nSPS) is 14.9. The number of benzene rings is 1. The van der Waals surface area contributed by atoms with Crippen LogP contribution in [0.15, 0.2) is 24.3 Å². The van der Waals surface area contributed by atoms with Crippen LogP contribution in [-0.2, 0) is 16.0 Å². The Labute approximate surface area is 124 Å². The summed E-state index contributed by atoms with van der Waals surface area (Å²) >= 11 is 0. The van der Waals surface area contributed by atoms with E-state index in [-0.39, 0.29) is 12.0 Å². The minimum Gasteiger partial charge on any atom is -0.450 e. The van der Waals surface area contributed by atoms with Crippen LogP contribution in [0.25, 0.3) is 0 Å². The molecule has 1 saturated heterocycles. The first-order chi connectivity index (χ1) is 10.1. The van der Waals surface area contributed by atoms with Gasteiger partial charge in [-0.25, -0.2) is 4.79 Å². The quantitative estimate of drug-likeness (QED) is 0.847. The number of nitrogens with zero attached hydrogens (tertiary/aromatic N) is 2. The Morgan fingerprint density at radius 1 is 1.19 bits per heavy atom. The average molecular weight is 291 g/mol. The monoisotopic (exact) mass is 291 g/mol. The molecule has 2 rings (SSSR count). The minimum absolute atomic E-state index is 0.0594. The van der Waals surface area contributed by atoms with Crippen molar-refractivity contribution in [3.05, 3.63) is 29.8 Å². The molecule has 2 N–H and O–H groups in total. The number of nitrogens with two attached hydrogens (primary N) is 1. The lowest BCUT2D eigenvalue weighted by atomic mass is 10.1. The van der Waals surface area contributed by atoms with E-state index >= 15 is 0 Å². The van der Waals surface area contributed by atoms with E-state index in [9.17, 15) is 9.59 Å². The number of hydrogen-bond donors (Lipinski definition) is 1. The van der Waals surface area contributed by atoms with Crippen molar-refractivity contribution in [2.75, 3.05) is 38.5 Å². The van der Waals surface area contributed by atoms with Crippen molar-refractivity contribution in [3.8, 4) is 0 Å². The van der Waals surface area contributed by atoms with Gasteiger partial charge in [0.1, 0.15) is 0 Å². The molecule has 1 aliphatic heterocycles. The van der Waals surface area contributed by atoms with E-state index in [0.29, 0.717) is 44.9 Å². The molecule has 0 radical (unpaired) electrons. The van der Waals surface area contributed by atoms with E-state index in [1.807, 2.05) is 18.2 Å². The van der Waals surface area contributed by atoms with Crippen LogP contribution in [0.4, 0.5) is 10.5 Å². The SMILES string of the molecule is CCOC(=O)N1CCN(C(=O)Cc2cccc(N)c2)CC1. The van der Waals surface area contributed by atoms with Crippen LogP contribution in [0.3, 0.4) is 0 Å². The second kappa shape index (κ2) is 6.97. The summed E-state index contributed by atoms with van der Waals surface area (Å²) in [7, 11) is 0. The summed E-state index contributed by atoms with van der Waals surface area (Å²) in [6.07, 6.45) is 0.0326. The predicted molar refractivity (Wildman–Crippen MR) is 79.7 cm³/mol. The lowest BCUT2D eigenvalue weighted by Gasteiger charge is -2.34. The Bertz CT molecular complexity index is 511. The predicted octanol–water partition coefficient (Wildman–Crippen LogP) is 1.11. The van der Waals surface area contributed by atoms with E-state index in [1.165, 1.54) is 0 Å². The van der Waals surface area contributed by atoms with Gasteiger partial charge in [0.05, 0.1) is 13.0 Å². The minimum atomic E-state index is -0.305. The maximum Gasteiger partial charge on any atom is 0.409 e. The largest absolute Gasteiger partial charge is 0.450 e. The van der Waals surface area contributed by atoms with Gasteiger partial charge in [0.2, 0.25) is 5.91 Å². The number of rotatable bonds is 3. The number of anilines is 1. The number of piperazine rings is 1. The van der Waals surface area contributed by atoms with Gasteiger partial charge in [-0.1, -0.05) is 12.1 Å². The molecule has 0 bridgehead atoms. The number of ether oxygens (including phenoxy) is 1. The van der Waals surface area contributed by atoms with Gasteiger partial charge >= 0.3 is 6.09 Å². The molecule has 0 atom stereocenters. The Morgan fingerprint density at radius 3 is 2.48 bits per heavy atom. The van der Waals surface area contributed by atoms with Crippen molar-refractivity contribution in [1.29, 1.82) is 0 Å². The lowest BCUT2D eigenvalue weighted by Crippen LogP contribution is -2.51. The Balaban J connectivity index is 1.84. The van der Waals surface area contributed by atoms with Crippen molar-refractivity contribution in [3.63, 3.8) is 0 Å². The van der Waals surface area contributed by atoms with Gasteiger partial charge in [0.15, 0.2) is 0 Å². The summed E-state index contributed by atoms with van der Waals surface area (Å²) in [5.41, 5.74) is 7.28. The highest BCUT2D eigenvalue weighted by atomic mass is 16.6. The molecule has 6 heteroatoms. The van der Waals surface area contributed by atoms with Crippen LogP contribution < -0.4 is 5.73 Å². The van der Waals surface area contributed by atoms with Crippen LogP contribution >= 0.6 is 0 Å². The molecule has 0 aromatic heterocycles. The lowest BCUT2D eigenvalue weighted by molar-refractivity contribution is -0.132. The van der Waals surface area contributed by atoms with E-state index in [4.69, 9.17) is 10.5 Å². The molecule has 1 heterocycles. The van der Waals surface area contributed by atoms with Gasteiger partial charge in [0.25, 0.3) is 0 Å². The number of carbonyl (C=O) groups is 2. The van der Waals surface area contributed by atoms with Crippen molar-refractivity contribution in [2.24, 2.45) is 0 Å². The molecule has 0 spiro atoms. The van der Waals surface area contributed by atoms with Crippen LogP contribution in [0.1, 0.15) is 12.5 Å². The van der Waals surface area contributed by atoms with E-state index in [2.05, 4.69) is 0 Å². The fraction of sp³-hybridized carbons (Fsp3) is 0.467. The Kier molecular flexibility index (Phi) is 5.03. The van der Waals surface area contributed by atoms with Crippen LogP contribution in [0.2, 0.25) is 0 Å². The Hall–Kier alpha value is -2.24. The molecule has 21 heavy (non-hydrogen) atoms. The van der Waals surface area contributed by atoms with Gasteiger partial charge in [-0.3, -0.25) is 4.79 Å². The topological polar surface area (TPSA) is 75.9 Å². The molecule has 6 nitrogen and oxygen atoms in total. The number of nitrogen functional groups attached to an aromatic ring is 1. The first-order valence-corrected chi connectivity index (χ1v) is 7.14. The van der Waals surface area contributed by atoms with Gasteiger partial charge in [0, 0.05) is 31.9 Å². The first kappa shape index (κ1) is 15.2. The molecule has 0 unspecified atom stereocenters. The number of hydrogen-bond acceptors (Lipinski definition) is 4. The maximum absolute atomic E-state index is 12.2. The van der Waals surface area contributed by atoms with Crippen molar-refractivity contribution < 1.29 is 14.3 Å². The van der Waals surface area contributed by atoms with Gasteiger partial charge in [-0.05, 0) is 24.6 Å². The molecule has 1 aromatic carbocycles. The smallest absolute Gasteiger partial charge is 0.409 e. The van der Waals surface area contributed by atoms with E-state index < -0.39 is 0 Å². The summed E-state index contributed by atoms with van der Waals surface area (Å²) in [4.78, 5) is 27.2. The second-order valence-corrected chi connectivity index (χ2v) is 4.99. The van der Waals surface area contributed by atoms with Crippen LogP contribution in [0.5, 0.6) is 0 Å². The highest BCUT2D eigenvalue weighted by molar-refractivity contribution is 5.79. The molecule has 1 aliphatic rings. The molecule has 1 fully saturated rings. The summed E-state index contributed by atoms with van der Waals surface area (Å²) in [6.45, 7) is 4.26. The highest BCUT2D eigenvalue weighted by Crippen LogP contribution is 2.10. The average Bonchev–Trinajstić information content (AvgIpc) is 2.47. The number of carbonyl (C=O) groups excluding carboxylic acids is 2. The van der Waals surface area contributed by atoms with Crippen molar-refractivity contribution in [1.82, 2.24) is 9.80 Å². The van der Waals surface area contributed by atoms with Crippen LogP contribution in [-0.4, -0.2) is 54.6 Å². The molecule has 0 aliphatic carbocycles. The van der Waals surface area contributed by atoms with Crippen molar-refractivity contribution in [2.45, 2.75) is 13.3 Å². The van der Waals surface area contributed by atoms with Gasteiger partial charge in [-0.15, -0.1) is 0 Å². The molecular weight excluding hydrogens is 270 g/mol. The van der Waals surface area contributed by atoms with Crippen LogP contribution in [0, 0.1) is 0 Å². The highest BCUT2D eigenvalue weighted by Gasteiger charge is 2.24.